The van der Waals surface area contributed by atoms with Crippen LogP contribution in [0.4, 0.5) is 11.4 Å². The molecule has 0 aliphatic carbocycles. The quantitative estimate of drug-likeness (QED) is 0.795. The third-order valence-electron chi connectivity index (χ3n) is 3.25. The molecule has 1 aliphatic heterocycles. The fourth-order valence-electron chi connectivity index (χ4n) is 2.21. The van der Waals surface area contributed by atoms with Crippen molar-refractivity contribution >= 4 is 45.8 Å². The highest BCUT2D eigenvalue weighted by atomic mass is 127. The van der Waals surface area contributed by atoms with Crippen molar-refractivity contribution < 1.29 is 14.3 Å². The van der Waals surface area contributed by atoms with Gasteiger partial charge in [-0.1, -0.05) is 12.1 Å². The van der Waals surface area contributed by atoms with Crippen molar-refractivity contribution in [3.8, 4) is 5.75 Å². The Morgan fingerprint density at radius 2 is 1.91 bits per heavy atom. The first-order valence-corrected chi connectivity index (χ1v) is 7.79. The molecule has 0 radical (unpaired) electrons. The average Bonchev–Trinajstić information content (AvgIpc) is 2.53. The Labute approximate surface area is 141 Å². The topological polar surface area (TPSA) is 58.6 Å². The second-order valence-electron chi connectivity index (χ2n) is 4.79. The Bertz CT molecular complexity index is 716. The fourth-order valence-corrected chi connectivity index (χ4v) is 2.57. The lowest BCUT2D eigenvalue weighted by atomic mass is 10.2. The molecule has 22 heavy (non-hydrogen) atoms. The van der Waals surface area contributed by atoms with E-state index in [1.807, 2.05) is 36.4 Å². The van der Waals surface area contributed by atoms with Gasteiger partial charge >= 0.3 is 0 Å². The highest BCUT2D eigenvalue weighted by molar-refractivity contribution is 14.1. The van der Waals surface area contributed by atoms with E-state index >= 15 is 0 Å². The standard InChI is InChI=1S/C16H13IN2O3/c17-11-5-7-12(8-6-11)22-10-16(21)19-9-15(20)18-13-3-1-2-4-14(13)19/h1-8H,9-10H2,(H,18,20). The molecule has 1 heterocycles. The van der Waals surface area contributed by atoms with Crippen molar-refractivity contribution in [2.45, 2.75) is 0 Å². The van der Waals surface area contributed by atoms with Gasteiger partial charge in [-0.05, 0) is 59.0 Å². The summed E-state index contributed by atoms with van der Waals surface area (Å²) in [7, 11) is 0. The molecule has 0 aromatic heterocycles. The Hall–Kier alpha value is -2.09. The molecule has 0 saturated heterocycles. The predicted octanol–water partition coefficient (Wildman–Crippen LogP) is 2.66. The smallest absolute Gasteiger partial charge is 0.265 e. The number of carbonyl (C=O) groups is 2. The minimum absolute atomic E-state index is 0.00585. The minimum atomic E-state index is -0.249. The van der Waals surface area contributed by atoms with Crippen LogP contribution in [0.15, 0.2) is 48.5 Å². The van der Waals surface area contributed by atoms with Crippen LogP contribution in [0.2, 0.25) is 0 Å². The van der Waals surface area contributed by atoms with Gasteiger partial charge in [-0.2, -0.15) is 0 Å². The van der Waals surface area contributed by atoms with Crippen molar-refractivity contribution in [3.05, 3.63) is 52.1 Å². The number of halogens is 1. The molecular formula is C16H13IN2O3. The first kappa shape index (κ1) is 14.8. The number of rotatable bonds is 3. The molecule has 0 atom stereocenters. The van der Waals surface area contributed by atoms with Gasteiger partial charge < -0.3 is 10.1 Å². The van der Waals surface area contributed by atoms with Gasteiger partial charge in [0.1, 0.15) is 12.3 Å². The summed E-state index contributed by atoms with van der Waals surface area (Å²) in [5, 5.41) is 2.75. The summed E-state index contributed by atoms with van der Waals surface area (Å²) >= 11 is 2.20. The number of nitrogens with one attached hydrogen (secondary N) is 1. The number of nitrogens with zero attached hydrogens (tertiary/aromatic N) is 1. The summed E-state index contributed by atoms with van der Waals surface area (Å²) < 4.78 is 6.60. The monoisotopic (exact) mass is 408 g/mol. The van der Waals surface area contributed by atoms with Crippen molar-refractivity contribution in [2.75, 3.05) is 23.4 Å². The van der Waals surface area contributed by atoms with Crippen molar-refractivity contribution in [3.63, 3.8) is 0 Å². The Morgan fingerprint density at radius 1 is 1.18 bits per heavy atom. The molecule has 0 bridgehead atoms. The van der Waals surface area contributed by atoms with E-state index in [-0.39, 0.29) is 25.0 Å². The number of anilines is 2. The number of hydrogen-bond donors (Lipinski definition) is 1. The van der Waals surface area contributed by atoms with Crippen molar-refractivity contribution in [2.24, 2.45) is 0 Å². The predicted molar refractivity (Wildman–Crippen MR) is 92.1 cm³/mol. The normalized spacial score (nSPS) is 13.3. The fraction of sp³-hybridized carbons (Fsp3) is 0.125. The second-order valence-corrected chi connectivity index (χ2v) is 6.03. The molecule has 0 fully saturated rings. The summed E-state index contributed by atoms with van der Waals surface area (Å²) in [4.78, 5) is 25.5. The Morgan fingerprint density at radius 3 is 2.68 bits per heavy atom. The molecule has 5 nitrogen and oxygen atoms in total. The summed E-state index contributed by atoms with van der Waals surface area (Å²) in [6.07, 6.45) is 0. The molecule has 2 aromatic rings. The van der Waals surface area contributed by atoms with Crippen LogP contribution < -0.4 is 15.0 Å². The van der Waals surface area contributed by atoms with E-state index in [1.54, 1.807) is 12.1 Å². The SMILES string of the molecule is O=C1CN(C(=O)COc2ccc(I)cc2)c2ccccc2N1. The summed E-state index contributed by atoms with van der Waals surface area (Å²) in [6, 6.07) is 14.7. The molecule has 2 aromatic carbocycles. The summed E-state index contributed by atoms with van der Waals surface area (Å²) in [5.74, 6) is 0.172. The molecule has 6 heteroatoms. The van der Waals surface area contributed by atoms with Crippen LogP contribution in [0.3, 0.4) is 0 Å². The average molecular weight is 408 g/mol. The van der Waals surface area contributed by atoms with Crippen LogP contribution in [-0.4, -0.2) is 25.0 Å². The number of ether oxygens (including phenoxy) is 1. The first-order valence-electron chi connectivity index (χ1n) is 6.71. The molecular weight excluding hydrogens is 395 g/mol. The number of benzene rings is 2. The van der Waals surface area contributed by atoms with Gasteiger partial charge in [0.05, 0.1) is 11.4 Å². The van der Waals surface area contributed by atoms with Crippen LogP contribution >= 0.6 is 22.6 Å². The molecule has 1 aliphatic rings. The number of hydrogen-bond acceptors (Lipinski definition) is 3. The maximum Gasteiger partial charge on any atom is 0.265 e. The number of para-hydroxylation sites is 2. The molecule has 0 unspecified atom stereocenters. The van der Waals surface area contributed by atoms with E-state index in [1.165, 1.54) is 4.90 Å². The molecule has 0 saturated carbocycles. The zero-order valence-electron chi connectivity index (χ0n) is 11.6. The number of amides is 2. The van der Waals surface area contributed by atoms with Crippen LogP contribution in [-0.2, 0) is 9.59 Å². The van der Waals surface area contributed by atoms with Crippen LogP contribution in [0.25, 0.3) is 0 Å². The Kier molecular flexibility index (Phi) is 4.28. The Balaban J connectivity index is 1.72. The van der Waals surface area contributed by atoms with Gasteiger partial charge in [-0.25, -0.2) is 0 Å². The van der Waals surface area contributed by atoms with E-state index in [4.69, 9.17) is 4.74 Å². The van der Waals surface area contributed by atoms with E-state index in [9.17, 15) is 9.59 Å². The van der Waals surface area contributed by atoms with Gasteiger partial charge in [0, 0.05) is 3.57 Å². The lowest BCUT2D eigenvalue weighted by Crippen LogP contribution is -2.44. The van der Waals surface area contributed by atoms with E-state index < -0.39 is 0 Å². The van der Waals surface area contributed by atoms with Gasteiger partial charge in [-0.3, -0.25) is 14.5 Å². The largest absolute Gasteiger partial charge is 0.484 e. The first-order chi connectivity index (χ1) is 10.6. The number of fused-ring (bicyclic) bond motifs is 1. The maximum absolute atomic E-state index is 12.4. The summed E-state index contributed by atoms with van der Waals surface area (Å²) in [5.41, 5.74) is 1.33. The molecule has 112 valence electrons. The molecule has 1 N–H and O–H groups in total. The summed E-state index contributed by atoms with van der Waals surface area (Å²) in [6.45, 7) is -0.103. The zero-order valence-corrected chi connectivity index (χ0v) is 13.7. The van der Waals surface area contributed by atoms with Gasteiger partial charge in [0.2, 0.25) is 5.91 Å². The molecule has 0 spiro atoms. The second kappa shape index (κ2) is 6.35. The minimum Gasteiger partial charge on any atom is -0.484 e. The van der Waals surface area contributed by atoms with Gasteiger partial charge in [0.15, 0.2) is 6.61 Å². The lowest BCUT2D eigenvalue weighted by Gasteiger charge is -2.29. The zero-order chi connectivity index (χ0) is 15.5. The third kappa shape index (κ3) is 3.22. The van der Waals surface area contributed by atoms with Gasteiger partial charge in [-0.15, -0.1) is 0 Å². The van der Waals surface area contributed by atoms with Crippen molar-refractivity contribution in [1.29, 1.82) is 0 Å². The maximum atomic E-state index is 12.4. The lowest BCUT2D eigenvalue weighted by molar-refractivity contribution is -0.123. The van der Waals surface area contributed by atoms with Crippen LogP contribution in [0, 0.1) is 3.57 Å². The highest BCUT2D eigenvalue weighted by Crippen LogP contribution is 2.28. The molecule has 3 rings (SSSR count). The van der Waals surface area contributed by atoms with E-state index in [0.29, 0.717) is 17.1 Å². The third-order valence-corrected chi connectivity index (χ3v) is 3.97. The van der Waals surface area contributed by atoms with Crippen molar-refractivity contribution in [1.82, 2.24) is 0 Å². The molecule has 2 amide bonds. The number of carbonyl (C=O) groups excluding carboxylic acids is 2. The van der Waals surface area contributed by atoms with E-state index in [2.05, 4.69) is 27.9 Å². The van der Waals surface area contributed by atoms with Gasteiger partial charge in [0.25, 0.3) is 5.91 Å². The highest BCUT2D eigenvalue weighted by Gasteiger charge is 2.26. The van der Waals surface area contributed by atoms with E-state index in [0.717, 1.165) is 3.57 Å². The van der Waals surface area contributed by atoms with Crippen LogP contribution in [0.1, 0.15) is 0 Å². The van der Waals surface area contributed by atoms with Crippen LogP contribution in [0.5, 0.6) is 5.75 Å².